The summed E-state index contributed by atoms with van der Waals surface area (Å²) in [4.78, 5) is 39.9. The van der Waals surface area contributed by atoms with Crippen LogP contribution in [0.2, 0.25) is 0 Å². The quantitative estimate of drug-likeness (QED) is 0.691. The van der Waals surface area contributed by atoms with E-state index in [0.29, 0.717) is 12.1 Å². The van der Waals surface area contributed by atoms with E-state index in [4.69, 9.17) is 5.11 Å². The van der Waals surface area contributed by atoms with Gasteiger partial charge in [0.25, 0.3) is 5.91 Å². The first-order valence-corrected chi connectivity index (χ1v) is 9.31. The molecule has 27 heavy (non-hydrogen) atoms. The molecule has 0 radical (unpaired) electrons. The first-order valence-electron chi connectivity index (χ1n) is 9.31. The zero-order valence-corrected chi connectivity index (χ0v) is 15.5. The fourth-order valence-corrected chi connectivity index (χ4v) is 3.84. The normalized spacial score (nSPS) is 21.1. The Kier molecular flexibility index (Phi) is 5.95. The van der Waals surface area contributed by atoms with Gasteiger partial charge < -0.3 is 25.5 Å². The lowest BCUT2D eigenvalue weighted by molar-refractivity contribution is -0.136. The Morgan fingerprint density at radius 1 is 1.26 bits per heavy atom. The molecule has 2 aliphatic heterocycles. The second-order valence-electron chi connectivity index (χ2n) is 7.13. The number of carbonyl (C=O) groups excluding carboxylic acids is 2. The lowest BCUT2D eigenvalue weighted by Gasteiger charge is -2.37. The molecule has 0 saturated carbocycles. The SMILES string of the molecule is CN1CCC(N2C(=O)NCC2c2ccccc2C(=O)NCCC(=O)O)CC1. The van der Waals surface area contributed by atoms with Crippen LogP contribution in [0.15, 0.2) is 24.3 Å². The number of carboxylic acid groups (broad SMARTS) is 1. The number of hydrogen-bond donors (Lipinski definition) is 3. The summed E-state index contributed by atoms with van der Waals surface area (Å²) in [6, 6.07) is 7.10. The van der Waals surface area contributed by atoms with Gasteiger partial charge in [0.2, 0.25) is 0 Å². The van der Waals surface area contributed by atoms with Gasteiger partial charge in [0.05, 0.1) is 12.5 Å². The molecule has 0 bridgehead atoms. The Labute approximate surface area is 158 Å². The highest BCUT2D eigenvalue weighted by Gasteiger charge is 2.39. The molecule has 1 unspecified atom stereocenters. The van der Waals surface area contributed by atoms with Crippen LogP contribution >= 0.6 is 0 Å². The molecule has 2 saturated heterocycles. The van der Waals surface area contributed by atoms with Crippen molar-refractivity contribution in [1.29, 1.82) is 0 Å². The highest BCUT2D eigenvalue weighted by molar-refractivity contribution is 5.96. The maximum atomic E-state index is 12.6. The van der Waals surface area contributed by atoms with Crippen molar-refractivity contribution in [3.05, 3.63) is 35.4 Å². The molecule has 0 aliphatic carbocycles. The predicted octanol–water partition coefficient (Wildman–Crippen LogP) is 1.05. The van der Waals surface area contributed by atoms with Gasteiger partial charge in [0, 0.05) is 24.7 Å². The van der Waals surface area contributed by atoms with E-state index in [-0.39, 0.29) is 37.0 Å². The Balaban J connectivity index is 1.79. The second-order valence-corrected chi connectivity index (χ2v) is 7.13. The van der Waals surface area contributed by atoms with Gasteiger partial charge in [-0.1, -0.05) is 18.2 Å². The van der Waals surface area contributed by atoms with Crippen LogP contribution in [-0.2, 0) is 4.79 Å². The highest BCUT2D eigenvalue weighted by atomic mass is 16.4. The standard InChI is InChI=1S/C19H26N4O4/c1-22-10-7-13(8-11-22)23-16(12-21-19(23)27)14-4-2-3-5-15(14)18(26)20-9-6-17(24)25/h2-5,13,16H,6-12H2,1H3,(H,20,26)(H,21,27)(H,24,25). The number of rotatable bonds is 6. The molecule has 8 nitrogen and oxygen atoms in total. The lowest BCUT2D eigenvalue weighted by Crippen LogP contribution is -2.46. The molecule has 2 fully saturated rings. The molecule has 3 amide bonds. The first-order chi connectivity index (χ1) is 13.0. The van der Waals surface area contributed by atoms with Crippen molar-refractivity contribution in [3.8, 4) is 0 Å². The minimum absolute atomic E-state index is 0.0724. The molecule has 1 aromatic rings. The zero-order chi connectivity index (χ0) is 19.4. The van der Waals surface area contributed by atoms with E-state index in [1.165, 1.54) is 0 Å². The number of urea groups is 1. The lowest BCUT2D eigenvalue weighted by atomic mass is 9.96. The predicted molar refractivity (Wildman–Crippen MR) is 99.5 cm³/mol. The van der Waals surface area contributed by atoms with Gasteiger partial charge >= 0.3 is 12.0 Å². The molecule has 146 valence electrons. The van der Waals surface area contributed by atoms with Gasteiger partial charge in [-0.15, -0.1) is 0 Å². The van der Waals surface area contributed by atoms with E-state index in [0.717, 1.165) is 31.5 Å². The van der Waals surface area contributed by atoms with Crippen LogP contribution in [0.3, 0.4) is 0 Å². The van der Waals surface area contributed by atoms with Crippen molar-refractivity contribution < 1.29 is 19.5 Å². The third-order valence-electron chi connectivity index (χ3n) is 5.29. The highest BCUT2D eigenvalue weighted by Crippen LogP contribution is 2.32. The van der Waals surface area contributed by atoms with Crippen LogP contribution < -0.4 is 10.6 Å². The van der Waals surface area contributed by atoms with Gasteiger partial charge in [-0.05, 0) is 44.6 Å². The van der Waals surface area contributed by atoms with E-state index in [1.54, 1.807) is 12.1 Å². The van der Waals surface area contributed by atoms with Crippen molar-refractivity contribution >= 4 is 17.9 Å². The third-order valence-corrected chi connectivity index (χ3v) is 5.29. The van der Waals surface area contributed by atoms with E-state index in [1.807, 2.05) is 17.0 Å². The van der Waals surface area contributed by atoms with Crippen LogP contribution in [0.1, 0.15) is 41.2 Å². The summed E-state index contributed by atoms with van der Waals surface area (Å²) < 4.78 is 0. The summed E-state index contributed by atoms with van der Waals surface area (Å²) in [5, 5.41) is 14.3. The topological polar surface area (TPSA) is 102 Å². The van der Waals surface area contributed by atoms with Gasteiger partial charge in [-0.25, -0.2) is 4.79 Å². The number of likely N-dealkylation sites (tertiary alicyclic amines) is 1. The van der Waals surface area contributed by atoms with Gasteiger partial charge in [-0.3, -0.25) is 9.59 Å². The van der Waals surface area contributed by atoms with Crippen LogP contribution in [-0.4, -0.2) is 72.1 Å². The number of piperidine rings is 1. The van der Waals surface area contributed by atoms with Crippen LogP contribution in [0.25, 0.3) is 0 Å². The average Bonchev–Trinajstić information content (AvgIpc) is 3.03. The molecule has 3 N–H and O–H groups in total. The Morgan fingerprint density at radius 2 is 1.96 bits per heavy atom. The fraction of sp³-hybridized carbons (Fsp3) is 0.526. The molecular formula is C19H26N4O4. The molecule has 1 aromatic carbocycles. The number of benzene rings is 1. The number of carbonyl (C=O) groups is 3. The Hall–Kier alpha value is -2.61. The number of nitrogens with zero attached hydrogens (tertiary/aromatic N) is 2. The molecule has 0 aromatic heterocycles. The van der Waals surface area contributed by atoms with Crippen molar-refractivity contribution in [3.63, 3.8) is 0 Å². The summed E-state index contributed by atoms with van der Waals surface area (Å²) in [7, 11) is 2.08. The average molecular weight is 374 g/mol. The number of hydrogen-bond acceptors (Lipinski definition) is 4. The maximum absolute atomic E-state index is 12.6. The third kappa shape index (κ3) is 4.39. The maximum Gasteiger partial charge on any atom is 0.318 e. The molecule has 0 spiro atoms. The van der Waals surface area contributed by atoms with Gasteiger partial charge in [-0.2, -0.15) is 0 Å². The number of amides is 3. The molecule has 2 heterocycles. The molecule has 1 atom stereocenters. The summed E-state index contributed by atoms with van der Waals surface area (Å²) in [5.41, 5.74) is 1.28. The van der Waals surface area contributed by atoms with Crippen LogP contribution in [0.4, 0.5) is 4.79 Å². The van der Waals surface area contributed by atoms with Crippen molar-refractivity contribution in [1.82, 2.24) is 20.4 Å². The smallest absolute Gasteiger partial charge is 0.318 e. The van der Waals surface area contributed by atoms with Crippen molar-refractivity contribution in [2.24, 2.45) is 0 Å². The van der Waals surface area contributed by atoms with Gasteiger partial charge in [0.15, 0.2) is 0 Å². The Morgan fingerprint density at radius 3 is 2.67 bits per heavy atom. The fourth-order valence-electron chi connectivity index (χ4n) is 3.84. The zero-order valence-electron chi connectivity index (χ0n) is 15.5. The largest absolute Gasteiger partial charge is 0.481 e. The van der Waals surface area contributed by atoms with E-state index < -0.39 is 5.97 Å². The molecule has 8 heteroatoms. The summed E-state index contributed by atoms with van der Waals surface area (Å²) in [6.45, 7) is 2.42. The molecule has 3 rings (SSSR count). The van der Waals surface area contributed by atoms with E-state index in [2.05, 4.69) is 22.6 Å². The van der Waals surface area contributed by atoms with Gasteiger partial charge in [0.1, 0.15) is 0 Å². The molecular weight excluding hydrogens is 348 g/mol. The van der Waals surface area contributed by atoms with E-state index in [9.17, 15) is 14.4 Å². The summed E-state index contributed by atoms with van der Waals surface area (Å²) in [5.74, 6) is -1.27. The second kappa shape index (κ2) is 8.39. The number of aliphatic carboxylic acids is 1. The number of carboxylic acids is 1. The summed E-state index contributed by atoms with van der Waals surface area (Å²) in [6.07, 6.45) is 1.69. The minimum atomic E-state index is -0.956. The minimum Gasteiger partial charge on any atom is -0.481 e. The monoisotopic (exact) mass is 374 g/mol. The summed E-state index contributed by atoms with van der Waals surface area (Å²) >= 11 is 0. The van der Waals surface area contributed by atoms with E-state index >= 15 is 0 Å². The first kappa shape index (κ1) is 19.2. The number of nitrogens with one attached hydrogen (secondary N) is 2. The van der Waals surface area contributed by atoms with Crippen LogP contribution in [0.5, 0.6) is 0 Å². The van der Waals surface area contributed by atoms with Crippen molar-refractivity contribution in [2.45, 2.75) is 31.3 Å². The van der Waals surface area contributed by atoms with Crippen molar-refractivity contribution in [2.75, 3.05) is 33.2 Å². The molecule has 2 aliphatic rings. The Bertz CT molecular complexity index is 715. The van der Waals surface area contributed by atoms with Crippen LogP contribution in [0, 0.1) is 0 Å².